The molecular formula is C23H21FN4O8. The number of hydrogen-bond acceptors (Lipinski definition) is 8. The van der Waals surface area contributed by atoms with Gasteiger partial charge in [-0.05, 0) is 31.2 Å². The number of carbonyl (C=O) groups excluding carboxylic acids is 2. The summed E-state index contributed by atoms with van der Waals surface area (Å²) in [5.74, 6) is -2.21. The Labute approximate surface area is 203 Å². The van der Waals surface area contributed by atoms with Gasteiger partial charge >= 0.3 is 12.1 Å². The summed E-state index contributed by atoms with van der Waals surface area (Å²) in [7, 11) is 0. The first-order chi connectivity index (χ1) is 17.2. The Balaban J connectivity index is 1.36. The first-order valence-corrected chi connectivity index (χ1v) is 11.0. The number of hydrogen-bond donors (Lipinski definition) is 2. The maximum Gasteiger partial charge on any atom is 0.414 e. The van der Waals surface area contributed by atoms with Crippen LogP contribution in [0.5, 0.6) is 0 Å². The fourth-order valence-electron chi connectivity index (χ4n) is 4.01. The average molecular weight is 500 g/mol. The van der Waals surface area contributed by atoms with Crippen molar-refractivity contribution in [2.75, 3.05) is 18.0 Å². The highest BCUT2D eigenvalue weighted by Gasteiger charge is 2.38. The van der Waals surface area contributed by atoms with Gasteiger partial charge in [-0.25, -0.2) is 14.0 Å². The van der Waals surface area contributed by atoms with Gasteiger partial charge in [-0.2, -0.15) is 0 Å². The number of aromatic carboxylic acids is 1. The Morgan fingerprint density at radius 1 is 1.28 bits per heavy atom. The number of amides is 2. The van der Waals surface area contributed by atoms with Crippen molar-refractivity contribution in [3.05, 3.63) is 53.8 Å². The standard InChI is InChI=1S/C23H21FN4O8/c1-11(29)25-8-15-10-28(23(32)35-15)14-3-4-17(16(24)7-14)27-6-5-13(9-27)19-18(21(30)31)20(36-26-19)22-33-12(2)34-22/h3-7,9,12,15,22H,8,10H2,1-2H3,(H,25,29)(H,30,31)/t12?,15-,22?/m0/s1. The molecule has 0 spiro atoms. The summed E-state index contributed by atoms with van der Waals surface area (Å²) < 4.78 is 37.6. The van der Waals surface area contributed by atoms with Crippen LogP contribution in [-0.4, -0.2) is 58.3 Å². The van der Waals surface area contributed by atoms with Gasteiger partial charge in [0.1, 0.15) is 23.2 Å². The van der Waals surface area contributed by atoms with Gasteiger partial charge in [0.15, 0.2) is 6.29 Å². The van der Waals surface area contributed by atoms with Crippen LogP contribution < -0.4 is 10.2 Å². The number of carboxylic acid groups (broad SMARTS) is 1. The second-order valence-electron chi connectivity index (χ2n) is 8.24. The molecule has 0 radical (unpaired) electrons. The summed E-state index contributed by atoms with van der Waals surface area (Å²) in [5.41, 5.74) is 0.671. The number of benzene rings is 1. The zero-order chi connectivity index (χ0) is 25.6. The van der Waals surface area contributed by atoms with Crippen molar-refractivity contribution in [3.63, 3.8) is 0 Å². The molecule has 12 nitrogen and oxygen atoms in total. The van der Waals surface area contributed by atoms with Crippen molar-refractivity contribution in [1.82, 2.24) is 15.0 Å². The Morgan fingerprint density at radius 2 is 2.06 bits per heavy atom. The van der Waals surface area contributed by atoms with Gasteiger partial charge in [-0.1, -0.05) is 5.16 Å². The molecule has 2 aliphatic heterocycles. The van der Waals surface area contributed by atoms with Crippen LogP contribution in [0.15, 0.2) is 41.2 Å². The number of anilines is 1. The van der Waals surface area contributed by atoms with Crippen molar-refractivity contribution >= 4 is 23.7 Å². The quantitative estimate of drug-likeness (QED) is 0.500. The van der Waals surface area contributed by atoms with Crippen LogP contribution in [-0.2, 0) is 19.0 Å². The van der Waals surface area contributed by atoms with E-state index in [-0.39, 0.29) is 41.7 Å². The molecule has 2 N–H and O–H groups in total. The van der Waals surface area contributed by atoms with Crippen LogP contribution >= 0.6 is 0 Å². The van der Waals surface area contributed by atoms with Crippen LogP contribution in [0.1, 0.15) is 36.3 Å². The maximum atomic E-state index is 15.1. The zero-order valence-electron chi connectivity index (χ0n) is 19.1. The minimum atomic E-state index is -1.27. The molecule has 2 aliphatic rings. The second kappa shape index (κ2) is 9.09. The lowest BCUT2D eigenvalue weighted by atomic mass is 10.1. The van der Waals surface area contributed by atoms with Gasteiger partial charge in [-0.3, -0.25) is 9.69 Å². The lowest BCUT2D eigenvalue weighted by Crippen LogP contribution is -2.33. The molecule has 13 heteroatoms. The van der Waals surface area contributed by atoms with E-state index in [1.54, 1.807) is 25.3 Å². The fourth-order valence-corrected chi connectivity index (χ4v) is 4.01. The van der Waals surface area contributed by atoms with E-state index in [1.165, 1.54) is 34.7 Å². The van der Waals surface area contributed by atoms with E-state index in [2.05, 4.69) is 10.5 Å². The molecule has 1 atom stereocenters. The molecule has 0 saturated carbocycles. The SMILES string of the molecule is CC(=O)NC[C@H]1CN(c2ccc(-n3ccc(-c4noc(C5OC(C)O5)c4C(=O)O)c3)c(F)c2)C(=O)O1. The van der Waals surface area contributed by atoms with E-state index in [1.807, 2.05) is 0 Å². The number of cyclic esters (lactones) is 1. The molecule has 2 fully saturated rings. The molecule has 2 aromatic heterocycles. The predicted molar refractivity (Wildman–Crippen MR) is 119 cm³/mol. The number of nitrogens with zero attached hydrogens (tertiary/aromatic N) is 3. The number of carboxylic acids is 1. The summed E-state index contributed by atoms with van der Waals surface area (Å²) in [6.07, 6.45) is 0.408. The van der Waals surface area contributed by atoms with Crippen LogP contribution in [0, 0.1) is 5.82 Å². The van der Waals surface area contributed by atoms with E-state index >= 15 is 4.39 Å². The summed E-state index contributed by atoms with van der Waals surface area (Å²) in [6.45, 7) is 3.33. The lowest BCUT2D eigenvalue weighted by molar-refractivity contribution is -0.388. The minimum absolute atomic E-state index is 0.0463. The molecule has 2 saturated heterocycles. The normalized spacial score (nSPS) is 21.2. The summed E-state index contributed by atoms with van der Waals surface area (Å²) in [5, 5.41) is 16.1. The summed E-state index contributed by atoms with van der Waals surface area (Å²) >= 11 is 0. The molecule has 2 amide bonds. The number of carbonyl (C=O) groups is 3. The van der Waals surface area contributed by atoms with E-state index in [9.17, 15) is 19.5 Å². The largest absolute Gasteiger partial charge is 0.477 e. The number of aromatic nitrogens is 2. The smallest absolute Gasteiger partial charge is 0.414 e. The van der Waals surface area contributed by atoms with E-state index < -0.39 is 36.6 Å². The topological polar surface area (TPSA) is 145 Å². The highest BCUT2D eigenvalue weighted by Crippen LogP contribution is 2.37. The van der Waals surface area contributed by atoms with Gasteiger partial charge < -0.3 is 33.7 Å². The van der Waals surface area contributed by atoms with E-state index in [4.69, 9.17) is 18.7 Å². The molecule has 5 rings (SSSR count). The lowest BCUT2D eigenvalue weighted by Gasteiger charge is -2.31. The summed E-state index contributed by atoms with van der Waals surface area (Å²) in [6, 6.07) is 5.80. The third kappa shape index (κ3) is 4.29. The zero-order valence-corrected chi connectivity index (χ0v) is 19.1. The fraction of sp³-hybridized carbons (Fsp3) is 0.304. The molecule has 36 heavy (non-hydrogen) atoms. The van der Waals surface area contributed by atoms with Crippen LogP contribution in [0.25, 0.3) is 16.9 Å². The molecule has 0 aliphatic carbocycles. The predicted octanol–water partition coefficient (Wildman–Crippen LogP) is 2.82. The van der Waals surface area contributed by atoms with Crippen LogP contribution in [0.2, 0.25) is 0 Å². The maximum absolute atomic E-state index is 15.1. The average Bonchev–Trinajstić information content (AvgIpc) is 3.53. The molecule has 188 valence electrons. The van der Waals surface area contributed by atoms with Crippen LogP contribution in [0.4, 0.5) is 14.9 Å². The number of rotatable bonds is 7. The Hall–Kier alpha value is -4.23. The Morgan fingerprint density at radius 3 is 2.72 bits per heavy atom. The third-order valence-corrected chi connectivity index (χ3v) is 5.72. The Bertz CT molecular complexity index is 1350. The molecule has 0 bridgehead atoms. The minimum Gasteiger partial charge on any atom is -0.477 e. The monoisotopic (exact) mass is 500 g/mol. The van der Waals surface area contributed by atoms with Crippen LogP contribution in [0.3, 0.4) is 0 Å². The highest BCUT2D eigenvalue weighted by molar-refractivity contribution is 5.96. The van der Waals surface area contributed by atoms with Gasteiger partial charge in [-0.15, -0.1) is 0 Å². The highest BCUT2D eigenvalue weighted by atomic mass is 19.1. The first kappa shape index (κ1) is 23.5. The summed E-state index contributed by atoms with van der Waals surface area (Å²) in [4.78, 5) is 36.5. The third-order valence-electron chi connectivity index (χ3n) is 5.72. The van der Waals surface area contributed by atoms with Gasteiger partial charge in [0.05, 0.1) is 24.5 Å². The van der Waals surface area contributed by atoms with Crippen molar-refractivity contribution in [3.8, 4) is 16.9 Å². The van der Waals surface area contributed by atoms with E-state index in [0.29, 0.717) is 11.3 Å². The first-order valence-electron chi connectivity index (χ1n) is 11.0. The number of ether oxygens (including phenoxy) is 3. The molecule has 3 aromatic rings. The van der Waals surface area contributed by atoms with Gasteiger partial charge in [0.2, 0.25) is 18.0 Å². The van der Waals surface area contributed by atoms with Gasteiger partial charge in [0.25, 0.3) is 0 Å². The van der Waals surface area contributed by atoms with Gasteiger partial charge in [0, 0.05) is 24.9 Å². The van der Waals surface area contributed by atoms with E-state index in [0.717, 1.165) is 0 Å². The molecule has 1 aromatic carbocycles. The molecular weight excluding hydrogens is 479 g/mol. The van der Waals surface area contributed by atoms with Crippen molar-refractivity contribution in [2.24, 2.45) is 0 Å². The number of halogens is 1. The number of nitrogens with one attached hydrogen (secondary N) is 1. The van der Waals surface area contributed by atoms with Crippen molar-refractivity contribution < 1.29 is 42.6 Å². The Kier molecular flexibility index (Phi) is 5.94. The second-order valence-corrected chi connectivity index (χ2v) is 8.24. The molecule has 0 unspecified atom stereocenters. The van der Waals surface area contributed by atoms with Crippen molar-refractivity contribution in [2.45, 2.75) is 32.5 Å². The molecule has 4 heterocycles. The van der Waals surface area contributed by atoms with Crippen molar-refractivity contribution in [1.29, 1.82) is 0 Å².